The highest BCUT2D eigenvalue weighted by Gasteiger charge is 2.20. The van der Waals surface area contributed by atoms with Gasteiger partial charge in [0.2, 0.25) is 0 Å². The summed E-state index contributed by atoms with van der Waals surface area (Å²) < 4.78 is 7.80. The Morgan fingerprint density at radius 3 is 2.00 bits per heavy atom. The Hall–Kier alpha value is -4.70. The third kappa shape index (κ3) is 3.46. The lowest BCUT2D eigenvalue weighted by Gasteiger charge is -2.11. The lowest BCUT2D eigenvalue weighted by Crippen LogP contribution is -1.93. The highest BCUT2D eigenvalue weighted by molar-refractivity contribution is 7.27. The van der Waals surface area contributed by atoms with Gasteiger partial charge in [0.05, 0.1) is 15.7 Å². The van der Waals surface area contributed by atoms with Crippen LogP contribution in [0.1, 0.15) is 0 Å². The molecule has 0 N–H and O–H groups in total. The fraction of sp³-hybridized carbons (Fsp3) is 0. The summed E-state index contributed by atoms with van der Waals surface area (Å²) >= 11 is 3.77. The zero-order valence-corrected chi connectivity index (χ0v) is 23.7. The maximum absolute atomic E-state index is 2.45. The Kier molecular flexibility index (Phi) is 5.00. The molecule has 0 fully saturated rings. The van der Waals surface area contributed by atoms with E-state index in [-0.39, 0.29) is 0 Å². The lowest BCUT2D eigenvalue weighted by atomic mass is 9.97. The van der Waals surface area contributed by atoms with Crippen molar-refractivity contribution in [1.29, 1.82) is 0 Å². The van der Waals surface area contributed by atoms with E-state index < -0.39 is 0 Å². The molecule has 41 heavy (non-hydrogen) atoms. The fourth-order valence-corrected chi connectivity index (χ4v) is 8.74. The van der Waals surface area contributed by atoms with Crippen molar-refractivity contribution in [3.05, 3.63) is 140 Å². The van der Waals surface area contributed by atoms with Gasteiger partial charge < -0.3 is 4.57 Å². The fourth-order valence-electron chi connectivity index (χ4n) is 6.34. The maximum atomic E-state index is 2.45. The molecule has 0 unspecified atom stereocenters. The van der Waals surface area contributed by atoms with Crippen LogP contribution in [-0.4, -0.2) is 4.57 Å². The van der Waals surface area contributed by atoms with Crippen molar-refractivity contribution in [3.8, 4) is 27.9 Å². The summed E-state index contributed by atoms with van der Waals surface area (Å²) in [4.78, 5) is 0. The lowest BCUT2D eigenvalue weighted by molar-refractivity contribution is 1.19. The van der Waals surface area contributed by atoms with E-state index in [1.807, 2.05) is 22.7 Å². The van der Waals surface area contributed by atoms with Gasteiger partial charge in [-0.2, -0.15) is 0 Å². The van der Waals surface area contributed by atoms with Crippen LogP contribution >= 0.6 is 22.7 Å². The molecule has 192 valence electrons. The first-order valence-corrected chi connectivity index (χ1v) is 15.5. The first kappa shape index (κ1) is 23.0. The van der Waals surface area contributed by atoms with Crippen molar-refractivity contribution >= 4 is 74.1 Å². The smallest absolute Gasteiger partial charge is 0.0734 e. The molecule has 0 aliphatic carbocycles. The molecule has 3 aromatic heterocycles. The van der Waals surface area contributed by atoms with Gasteiger partial charge in [0.1, 0.15) is 0 Å². The highest BCUT2D eigenvalue weighted by Crippen LogP contribution is 2.46. The van der Waals surface area contributed by atoms with E-state index in [1.54, 1.807) is 0 Å². The molecule has 3 heteroatoms. The monoisotopic (exact) mass is 557 g/mol. The van der Waals surface area contributed by atoms with Crippen LogP contribution in [0.3, 0.4) is 0 Å². The molecule has 0 saturated heterocycles. The van der Waals surface area contributed by atoms with Gasteiger partial charge in [-0.25, -0.2) is 0 Å². The molecule has 0 bridgehead atoms. The average Bonchev–Trinajstić information content (AvgIpc) is 3.70. The van der Waals surface area contributed by atoms with E-state index in [4.69, 9.17) is 0 Å². The molecule has 0 radical (unpaired) electrons. The average molecular weight is 558 g/mol. The topological polar surface area (TPSA) is 4.93 Å². The zero-order chi connectivity index (χ0) is 26.9. The van der Waals surface area contributed by atoms with Crippen molar-refractivity contribution in [2.24, 2.45) is 0 Å². The van der Waals surface area contributed by atoms with Crippen LogP contribution in [0.15, 0.2) is 140 Å². The second-order valence-corrected chi connectivity index (χ2v) is 12.7. The van der Waals surface area contributed by atoms with Gasteiger partial charge in [-0.15, -0.1) is 22.7 Å². The van der Waals surface area contributed by atoms with Gasteiger partial charge in [-0.3, -0.25) is 0 Å². The molecule has 1 nitrogen and oxygen atoms in total. The first-order chi connectivity index (χ1) is 20.3. The molecule has 0 aliphatic heterocycles. The van der Waals surface area contributed by atoms with Crippen molar-refractivity contribution in [2.75, 3.05) is 0 Å². The predicted octanol–water partition coefficient (Wildman–Crippen LogP) is 11.7. The molecule has 3 heterocycles. The molecule has 0 amide bonds. The molecule has 0 saturated carbocycles. The van der Waals surface area contributed by atoms with Crippen LogP contribution in [0.5, 0.6) is 0 Å². The second-order valence-electron chi connectivity index (χ2n) is 10.5. The third-order valence-corrected chi connectivity index (χ3v) is 10.5. The number of hydrogen-bond acceptors (Lipinski definition) is 2. The number of rotatable bonds is 3. The minimum Gasteiger partial charge on any atom is -0.308 e. The standard InChI is InChI=1S/C38H23NS2/c1-2-9-27(10-3-1)39-32-14-6-4-12-31(32)38-37(39)36-28(13-8-16-34(36)41-38)25-19-17-24(18-20-25)26-21-22-30-29-11-5-7-15-33(29)40-35(30)23-26/h1-23H. The number of para-hydroxylation sites is 2. The van der Waals surface area contributed by atoms with Crippen molar-refractivity contribution < 1.29 is 0 Å². The van der Waals surface area contributed by atoms with E-state index in [0.29, 0.717) is 0 Å². The molecular formula is C38H23NS2. The van der Waals surface area contributed by atoms with Gasteiger partial charge in [0, 0.05) is 41.3 Å². The van der Waals surface area contributed by atoms with E-state index in [0.717, 1.165) is 0 Å². The minimum atomic E-state index is 1.19. The summed E-state index contributed by atoms with van der Waals surface area (Å²) in [5.74, 6) is 0. The number of nitrogens with zero attached hydrogens (tertiary/aromatic N) is 1. The number of aromatic nitrogens is 1. The van der Waals surface area contributed by atoms with Gasteiger partial charge in [-0.1, -0.05) is 103 Å². The summed E-state index contributed by atoms with van der Waals surface area (Å²) in [5, 5.41) is 5.32. The summed E-state index contributed by atoms with van der Waals surface area (Å²) in [5.41, 5.74) is 8.77. The Morgan fingerprint density at radius 2 is 1.12 bits per heavy atom. The Bertz CT molecular complexity index is 2400. The number of fused-ring (bicyclic) bond motifs is 8. The van der Waals surface area contributed by atoms with Crippen LogP contribution in [0.4, 0.5) is 0 Å². The SMILES string of the molecule is c1ccc(-n2c3ccccc3c3sc4cccc(-c5ccc(-c6ccc7c(c6)sc6ccccc67)cc5)c4c32)cc1. The normalized spacial score (nSPS) is 11.9. The summed E-state index contributed by atoms with van der Waals surface area (Å²) in [6, 6.07) is 51.0. The number of thiophene rings is 2. The van der Waals surface area contributed by atoms with Crippen LogP contribution in [0.25, 0.3) is 79.3 Å². The van der Waals surface area contributed by atoms with Crippen LogP contribution in [0, 0.1) is 0 Å². The van der Waals surface area contributed by atoms with E-state index >= 15 is 0 Å². The third-order valence-electron chi connectivity index (χ3n) is 8.23. The molecule has 0 spiro atoms. The summed E-state index contributed by atoms with van der Waals surface area (Å²) in [6.45, 7) is 0. The largest absolute Gasteiger partial charge is 0.308 e. The number of hydrogen-bond donors (Lipinski definition) is 0. The van der Waals surface area contributed by atoms with E-state index in [1.165, 1.54) is 79.3 Å². The Labute approximate surface area is 245 Å². The molecule has 0 atom stereocenters. The van der Waals surface area contributed by atoms with Gasteiger partial charge in [-0.05, 0) is 58.7 Å². The molecular weight excluding hydrogens is 535 g/mol. The molecule has 9 rings (SSSR count). The van der Waals surface area contributed by atoms with Gasteiger partial charge >= 0.3 is 0 Å². The van der Waals surface area contributed by atoms with Crippen LogP contribution in [0.2, 0.25) is 0 Å². The van der Waals surface area contributed by atoms with Gasteiger partial charge in [0.15, 0.2) is 0 Å². The van der Waals surface area contributed by atoms with E-state index in [2.05, 4.69) is 144 Å². The summed E-state index contributed by atoms with van der Waals surface area (Å²) in [6.07, 6.45) is 0. The first-order valence-electron chi connectivity index (χ1n) is 13.9. The summed E-state index contributed by atoms with van der Waals surface area (Å²) in [7, 11) is 0. The van der Waals surface area contributed by atoms with E-state index in [9.17, 15) is 0 Å². The molecule has 0 aliphatic rings. The molecule has 9 aromatic rings. The maximum Gasteiger partial charge on any atom is 0.0734 e. The minimum absolute atomic E-state index is 1.19. The molecule has 6 aromatic carbocycles. The van der Waals surface area contributed by atoms with Crippen LogP contribution < -0.4 is 0 Å². The highest BCUT2D eigenvalue weighted by atomic mass is 32.1. The van der Waals surface area contributed by atoms with Crippen molar-refractivity contribution in [1.82, 2.24) is 4.57 Å². The zero-order valence-electron chi connectivity index (χ0n) is 22.0. The quantitative estimate of drug-likeness (QED) is 0.204. The Morgan fingerprint density at radius 1 is 0.439 bits per heavy atom. The number of benzene rings is 6. The van der Waals surface area contributed by atoms with Gasteiger partial charge in [0.25, 0.3) is 0 Å². The van der Waals surface area contributed by atoms with Crippen LogP contribution in [-0.2, 0) is 0 Å². The van der Waals surface area contributed by atoms with Crippen molar-refractivity contribution in [3.63, 3.8) is 0 Å². The predicted molar refractivity (Wildman–Crippen MR) is 180 cm³/mol. The second kappa shape index (κ2) is 8.90. The Balaban J connectivity index is 1.22. The van der Waals surface area contributed by atoms with Crippen molar-refractivity contribution in [2.45, 2.75) is 0 Å².